The average molecular weight is 349 g/mol. The molecule has 0 saturated heterocycles. The molecule has 0 atom stereocenters. The first-order valence-electron chi connectivity index (χ1n) is 6.25. The van der Waals surface area contributed by atoms with Crippen LogP contribution in [0, 0.1) is 34.0 Å². The van der Waals surface area contributed by atoms with E-state index in [2.05, 4.69) is 15.9 Å². The number of hydrogen-bond donors (Lipinski definition) is 0. The average Bonchev–Trinajstić information content (AvgIpc) is 3.00. The van der Waals surface area contributed by atoms with Crippen LogP contribution in [0.25, 0.3) is 17.5 Å². The number of allylic oxidation sites excluding steroid dienone is 3. The highest BCUT2D eigenvalue weighted by Gasteiger charge is 2.04. The maximum Gasteiger partial charge on any atom is 0.147 e. The van der Waals surface area contributed by atoms with Crippen LogP contribution in [0.3, 0.4) is 0 Å². The lowest BCUT2D eigenvalue weighted by atomic mass is 10.1. The molecule has 0 N–H and O–H groups in total. The Bertz CT molecular complexity index is 849. The fourth-order valence-electron chi connectivity index (χ4n) is 1.87. The summed E-state index contributed by atoms with van der Waals surface area (Å²) in [5.74, 6) is 0. The van der Waals surface area contributed by atoms with Crippen LogP contribution in [0.5, 0.6) is 0 Å². The number of benzene rings is 1. The maximum absolute atomic E-state index is 9.03. The fraction of sp³-hybridized carbons (Fsp3) is 0. The van der Waals surface area contributed by atoms with Gasteiger partial charge in [-0.1, -0.05) is 28.1 Å². The van der Waals surface area contributed by atoms with Crippen LogP contribution in [0.1, 0.15) is 0 Å². The van der Waals surface area contributed by atoms with E-state index in [0.717, 1.165) is 15.7 Å². The number of halogens is 1. The molecule has 0 radical (unpaired) electrons. The Labute approximate surface area is 136 Å². The van der Waals surface area contributed by atoms with Gasteiger partial charge in [0.05, 0.1) is 11.3 Å². The molecule has 0 aliphatic rings. The summed E-state index contributed by atoms with van der Waals surface area (Å²) in [5.41, 5.74) is 1.80. The Hall–Kier alpha value is -3.07. The summed E-state index contributed by atoms with van der Waals surface area (Å²) in [5, 5.41) is 26.7. The Morgan fingerprint density at radius 3 is 2.27 bits per heavy atom. The third-order valence-corrected chi connectivity index (χ3v) is 3.46. The molecule has 1 aromatic carbocycles. The molecule has 0 amide bonds. The standard InChI is InChI=1S/C17H9BrN4/c18-16-5-3-13(4-6-16)17-2-1-8-22(17)9-7-14(10-19)15(11-20)12-21/h1-9H/b9-7+. The molecule has 0 aliphatic heterocycles. The van der Waals surface area contributed by atoms with Crippen LogP contribution in [0.15, 0.2) is 64.3 Å². The van der Waals surface area contributed by atoms with Crippen LogP contribution in [0.4, 0.5) is 0 Å². The molecule has 0 fully saturated rings. The Kier molecular flexibility index (Phi) is 4.94. The van der Waals surface area contributed by atoms with Gasteiger partial charge in [0, 0.05) is 16.9 Å². The molecule has 2 aromatic rings. The topological polar surface area (TPSA) is 76.3 Å². The highest BCUT2D eigenvalue weighted by Crippen LogP contribution is 2.23. The SMILES string of the molecule is N#CC(C#N)=C(C#N)/C=C/n1cccc1-c1ccc(Br)cc1. The summed E-state index contributed by atoms with van der Waals surface area (Å²) in [6.45, 7) is 0. The molecule has 1 heterocycles. The minimum Gasteiger partial charge on any atom is -0.323 e. The van der Waals surface area contributed by atoms with E-state index in [4.69, 9.17) is 15.8 Å². The van der Waals surface area contributed by atoms with E-state index in [1.54, 1.807) is 18.3 Å². The van der Waals surface area contributed by atoms with Gasteiger partial charge in [0.2, 0.25) is 0 Å². The van der Waals surface area contributed by atoms with Gasteiger partial charge in [-0.2, -0.15) is 15.8 Å². The van der Waals surface area contributed by atoms with E-state index in [1.165, 1.54) is 6.08 Å². The van der Waals surface area contributed by atoms with Crippen molar-refractivity contribution in [1.29, 1.82) is 15.8 Å². The van der Waals surface area contributed by atoms with E-state index in [0.29, 0.717) is 0 Å². The molecule has 0 saturated carbocycles. The minimum atomic E-state index is -0.198. The number of nitriles is 3. The van der Waals surface area contributed by atoms with Crippen molar-refractivity contribution >= 4 is 22.1 Å². The second kappa shape index (κ2) is 7.09. The van der Waals surface area contributed by atoms with Crippen molar-refractivity contribution in [2.75, 3.05) is 0 Å². The van der Waals surface area contributed by atoms with Crippen LogP contribution in [-0.2, 0) is 0 Å². The zero-order valence-electron chi connectivity index (χ0n) is 11.4. The van der Waals surface area contributed by atoms with Gasteiger partial charge < -0.3 is 4.57 Å². The zero-order chi connectivity index (χ0) is 15.9. The largest absolute Gasteiger partial charge is 0.323 e. The second-order valence-electron chi connectivity index (χ2n) is 4.25. The van der Waals surface area contributed by atoms with E-state index in [1.807, 2.05) is 53.2 Å². The number of hydrogen-bond acceptors (Lipinski definition) is 3. The Morgan fingerprint density at radius 2 is 1.68 bits per heavy atom. The molecule has 104 valence electrons. The van der Waals surface area contributed by atoms with Gasteiger partial charge in [-0.25, -0.2) is 0 Å². The second-order valence-corrected chi connectivity index (χ2v) is 5.16. The molecule has 0 unspecified atom stereocenters. The molecule has 22 heavy (non-hydrogen) atoms. The van der Waals surface area contributed by atoms with Crippen LogP contribution in [0.2, 0.25) is 0 Å². The van der Waals surface area contributed by atoms with Crippen molar-refractivity contribution in [2.24, 2.45) is 0 Å². The lowest BCUT2D eigenvalue weighted by Gasteiger charge is -2.04. The molecule has 0 spiro atoms. The Balaban J connectivity index is 2.40. The lowest BCUT2D eigenvalue weighted by Crippen LogP contribution is -1.89. The smallest absolute Gasteiger partial charge is 0.147 e. The van der Waals surface area contributed by atoms with Gasteiger partial charge >= 0.3 is 0 Å². The minimum absolute atomic E-state index is 0.0421. The monoisotopic (exact) mass is 348 g/mol. The third-order valence-electron chi connectivity index (χ3n) is 2.93. The molecule has 2 rings (SSSR count). The number of nitrogens with zero attached hydrogens (tertiary/aromatic N) is 4. The molecular weight excluding hydrogens is 340 g/mol. The highest BCUT2D eigenvalue weighted by molar-refractivity contribution is 9.10. The summed E-state index contributed by atoms with van der Waals surface area (Å²) < 4.78 is 2.82. The molecule has 0 aliphatic carbocycles. The molecule has 1 aromatic heterocycles. The van der Waals surface area contributed by atoms with Crippen LogP contribution >= 0.6 is 15.9 Å². The maximum atomic E-state index is 9.03. The van der Waals surface area contributed by atoms with Crippen molar-refractivity contribution in [1.82, 2.24) is 4.57 Å². The van der Waals surface area contributed by atoms with E-state index < -0.39 is 0 Å². The van der Waals surface area contributed by atoms with E-state index in [9.17, 15) is 0 Å². The zero-order valence-corrected chi connectivity index (χ0v) is 12.9. The third kappa shape index (κ3) is 3.33. The van der Waals surface area contributed by atoms with Crippen molar-refractivity contribution in [3.8, 4) is 29.5 Å². The summed E-state index contributed by atoms with van der Waals surface area (Å²) in [6.07, 6.45) is 4.95. The van der Waals surface area contributed by atoms with Crippen molar-refractivity contribution in [3.05, 3.63) is 64.3 Å². The molecule has 4 nitrogen and oxygen atoms in total. The van der Waals surface area contributed by atoms with Gasteiger partial charge in [-0.15, -0.1) is 0 Å². The summed E-state index contributed by atoms with van der Waals surface area (Å²) >= 11 is 3.39. The van der Waals surface area contributed by atoms with Gasteiger partial charge in [-0.3, -0.25) is 0 Å². The van der Waals surface area contributed by atoms with Gasteiger partial charge in [0.25, 0.3) is 0 Å². The fourth-order valence-corrected chi connectivity index (χ4v) is 2.13. The summed E-state index contributed by atoms with van der Waals surface area (Å²) in [4.78, 5) is 0. The van der Waals surface area contributed by atoms with E-state index in [-0.39, 0.29) is 11.1 Å². The number of aromatic nitrogens is 1. The number of rotatable bonds is 3. The first kappa shape index (κ1) is 15.3. The van der Waals surface area contributed by atoms with Crippen molar-refractivity contribution in [3.63, 3.8) is 0 Å². The molecule has 0 bridgehead atoms. The normalized spacial score (nSPS) is 9.73. The molecule has 5 heteroatoms. The van der Waals surface area contributed by atoms with Gasteiger partial charge in [0.15, 0.2) is 0 Å². The Morgan fingerprint density at radius 1 is 1.00 bits per heavy atom. The lowest BCUT2D eigenvalue weighted by molar-refractivity contribution is 1.17. The van der Waals surface area contributed by atoms with Gasteiger partial charge in [0.1, 0.15) is 23.8 Å². The highest BCUT2D eigenvalue weighted by atomic mass is 79.9. The van der Waals surface area contributed by atoms with Crippen molar-refractivity contribution in [2.45, 2.75) is 0 Å². The van der Waals surface area contributed by atoms with Crippen LogP contribution in [-0.4, -0.2) is 4.57 Å². The molecular formula is C17H9BrN4. The summed E-state index contributed by atoms with van der Waals surface area (Å²) in [7, 11) is 0. The first-order chi connectivity index (χ1) is 10.7. The van der Waals surface area contributed by atoms with Crippen LogP contribution < -0.4 is 0 Å². The predicted octanol–water partition coefficient (Wildman–Crippen LogP) is 4.26. The summed E-state index contributed by atoms with van der Waals surface area (Å²) in [6, 6.07) is 17.0. The first-order valence-corrected chi connectivity index (χ1v) is 7.04. The quantitative estimate of drug-likeness (QED) is 0.614. The van der Waals surface area contributed by atoms with Crippen molar-refractivity contribution < 1.29 is 0 Å². The predicted molar refractivity (Wildman–Crippen MR) is 86.8 cm³/mol. The van der Waals surface area contributed by atoms with Gasteiger partial charge in [-0.05, 0) is 35.9 Å². The van der Waals surface area contributed by atoms with E-state index >= 15 is 0 Å².